The van der Waals surface area contributed by atoms with Crippen LogP contribution < -0.4 is 10.5 Å². The Balaban J connectivity index is 1.15. The van der Waals surface area contributed by atoms with Crippen molar-refractivity contribution in [2.24, 2.45) is 0 Å². The Kier molecular flexibility index (Phi) is 5.08. The van der Waals surface area contributed by atoms with Gasteiger partial charge in [0.25, 0.3) is 0 Å². The summed E-state index contributed by atoms with van der Waals surface area (Å²) in [6.07, 6.45) is 0. The van der Waals surface area contributed by atoms with Crippen LogP contribution in [-0.4, -0.2) is 4.57 Å². The van der Waals surface area contributed by atoms with E-state index in [1.807, 2.05) is 36.4 Å². The number of hydrogen-bond donors (Lipinski definition) is 1. The van der Waals surface area contributed by atoms with Crippen molar-refractivity contribution < 1.29 is 9.15 Å². The van der Waals surface area contributed by atoms with Crippen molar-refractivity contribution in [3.63, 3.8) is 0 Å². The number of fused-ring (bicyclic) bond motifs is 9. The summed E-state index contributed by atoms with van der Waals surface area (Å²) in [6, 6.07) is 46.7. The molecule has 0 aliphatic rings. The molecule has 0 aliphatic carbocycles. The third-order valence-corrected chi connectivity index (χ3v) is 8.63. The molecular formula is C39H26N2O2. The van der Waals surface area contributed by atoms with E-state index < -0.39 is 0 Å². The molecule has 4 nitrogen and oxygen atoms in total. The third kappa shape index (κ3) is 3.63. The van der Waals surface area contributed by atoms with Gasteiger partial charge in [-0.2, -0.15) is 0 Å². The highest BCUT2D eigenvalue weighted by Gasteiger charge is 2.17. The molecule has 0 unspecified atom stereocenters. The Morgan fingerprint density at radius 2 is 1.28 bits per heavy atom. The Labute approximate surface area is 247 Å². The summed E-state index contributed by atoms with van der Waals surface area (Å²) < 4.78 is 14.8. The molecule has 2 heterocycles. The highest BCUT2D eigenvalue weighted by molar-refractivity contribution is 6.23. The molecule has 9 rings (SSSR count). The van der Waals surface area contributed by atoms with Crippen molar-refractivity contribution >= 4 is 71.0 Å². The van der Waals surface area contributed by atoms with Crippen LogP contribution in [0.1, 0.15) is 5.56 Å². The van der Waals surface area contributed by atoms with Crippen LogP contribution in [0.2, 0.25) is 0 Å². The summed E-state index contributed by atoms with van der Waals surface area (Å²) in [5.41, 5.74) is 13.2. The fourth-order valence-electron chi connectivity index (χ4n) is 6.60. The summed E-state index contributed by atoms with van der Waals surface area (Å²) in [7, 11) is 0. The molecular weight excluding hydrogens is 528 g/mol. The summed E-state index contributed by atoms with van der Waals surface area (Å²) in [5.74, 6) is 0.660. The van der Waals surface area contributed by atoms with Crippen LogP contribution in [0.3, 0.4) is 0 Å². The molecule has 0 fully saturated rings. The van der Waals surface area contributed by atoms with Crippen molar-refractivity contribution in [2.45, 2.75) is 6.61 Å². The quantitative estimate of drug-likeness (QED) is 0.220. The van der Waals surface area contributed by atoms with Crippen LogP contribution in [0.15, 0.2) is 138 Å². The van der Waals surface area contributed by atoms with E-state index in [9.17, 15) is 0 Å². The Morgan fingerprint density at radius 1 is 0.558 bits per heavy atom. The predicted octanol–water partition coefficient (Wildman–Crippen LogP) is 10.2. The summed E-state index contributed by atoms with van der Waals surface area (Å²) in [6.45, 7) is 0.394. The minimum Gasteiger partial charge on any atom is -0.486 e. The van der Waals surface area contributed by atoms with Gasteiger partial charge in [-0.25, -0.2) is 0 Å². The molecule has 0 atom stereocenters. The predicted molar refractivity (Wildman–Crippen MR) is 178 cm³/mol. The van der Waals surface area contributed by atoms with Crippen LogP contribution in [0, 0.1) is 0 Å². The zero-order valence-electron chi connectivity index (χ0n) is 23.2. The number of para-hydroxylation sites is 1. The fourth-order valence-corrected chi connectivity index (χ4v) is 6.60. The number of nitrogen functional groups attached to an aromatic ring is 1. The first-order valence-corrected chi connectivity index (χ1v) is 14.5. The summed E-state index contributed by atoms with van der Waals surface area (Å²) in [4.78, 5) is 0. The molecule has 0 bridgehead atoms. The monoisotopic (exact) mass is 554 g/mol. The molecule has 0 radical (unpaired) electrons. The molecule has 2 N–H and O–H groups in total. The fraction of sp³-hybridized carbons (Fsp3) is 0.0256. The van der Waals surface area contributed by atoms with E-state index >= 15 is 0 Å². The van der Waals surface area contributed by atoms with Crippen LogP contribution in [0.5, 0.6) is 5.75 Å². The lowest BCUT2D eigenvalue weighted by Gasteiger charge is -2.12. The number of ether oxygens (including phenoxy) is 1. The van der Waals surface area contributed by atoms with Gasteiger partial charge in [0.2, 0.25) is 0 Å². The molecule has 9 aromatic rings. The maximum Gasteiger partial charge on any atom is 0.154 e. The normalized spacial score (nSPS) is 11.9. The molecule has 0 spiro atoms. The van der Waals surface area contributed by atoms with Gasteiger partial charge in [-0.05, 0) is 75.6 Å². The molecule has 0 aliphatic heterocycles. The van der Waals surface area contributed by atoms with Crippen molar-refractivity contribution in [3.8, 4) is 11.4 Å². The Morgan fingerprint density at radius 3 is 2.12 bits per heavy atom. The molecule has 204 valence electrons. The highest BCUT2D eigenvalue weighted by atomic mass is 16.5. The second-order valence-corrected chi connectivity index (χ2v) is 11.1. The molecule has 43 heavy (non-hydrogen) atoms. The molecule has 7 aromatic carbocycles. The van der Waals surface area contributed by atoms with E-state index in [1.54, 1.807) is 0 Å². The third-order valence-electron chi connectivity index (χ3n) is 8.63. The average molecular weight is 555 g/mol. The second kappa shape index (κ2) is 9.13. The van der Waals surface area contributed by atoms with Gasteiger partial charge in [0, 0.05) is 21.8 Å². The van der Waals surface area contributed by atoms with Gasteiger partial charge < -0.3 is 19.5 Å². The van der Waals surface area contributed by atoms with Crippen LogP contribution in [0.4, 0.5) is 5.69 Å². The van der Waals surface area contributed by atoms with E-state index in [4.69, 9.17) is 14.9 Å². The SMILES string of the molecule is Nc1ccc2oc3ccccc3c2c1OCc1ccc(-n2c3cc4ccccc4cc3c3c4ccccc4ccc32)cc1. The number of nitrogens with two attached hydrogens (primary N) is 1. The van der Waals surface area contributed by atoms with E-state index in [1.165, 1.54) is 43.4 Å². The van der Waals surface area contributed by atoms with Crippen molar-refractivity contribution in [1.29, 1.82) is 0 Å². The standard InChI is InChI=1S/C39H26N2O2/c40-32-18-20-36-38(30-11-5-6-12-35(30)43-36)39(32)42-23-24-13-16-28(17-14-24)41-33-19-15-25-7-3-4-10-29(25)37(33)31-21-26-8-1-2-9-27(26)22-34(31)41/h1-22H,23,40H2. The van der Waals surface area contributed by atoms with Gasteiger partial charge in [0.05, 0.1) is 22.1 Å². The lowest BCUT2D eigenvalue weighted by atomic mass is 10.0. The van der Waals surface area contributed by atoms with Gasteiger partial charge in [-0.15, -0.1) is 0 Å². The summed E-state index contributed by atoms with van der Waals surface area (Å²) in [5, 5.41) is 9.44. The lowest BCUT2D eigenvalue weighted by Crippen LogP contribution is -2.00. The van der Waals surface area contributed by atoms with Crippen molar-refractivity contribution in [2.75, 3.05) is 5.73 Å². The van der Waals surface area contributed by atoms with Crippen LogP contribution >= 0.6 is 0 Å². The smallest absolute Gasteiger partial charge is 0.154 e. The number of aromatic nitrogens is 1. The van der Waals surface area contributed by atoms with Gasteiger partial charge >= 0.3 is 0 Å². The van der Waals surface area contributed by atoms with Gasteiger partial charge in [0.15, 0.2) is 5.75 Å². The topological polar surface area (TPSA) is 53.3 Å². The molecule has 2 aromatic heterocycles. The van der Waals surface area contributed by atoms with Crippen LogP contribution in [0.25, 0.3) is 71.0 Å². The minimum atomic E-state index is 0.394. The zero-order chi connectivity index (χ0) is 28.5. The van der Waals surface area contributed by atoms with Gasteiger partial charge in [-0.3, -0.25) is 0 Å². The van der Waals surface area contributed by atoms with Crippen LogP contribution in [-0.2, 0) is 6.61 Å². The highest BCUT2D eigenvalue weighted by Crippen LogP contribution is 2.41. The van der Waals surface area contributed by atoms with Crippen molar-refractivity contribution in [3.05, 3.63) is 139 Å². The van der Waals surface area contributed by atoms with E-state index in [-0.39, 0.29) is 0 Å². The van der Waals surface area contributed by atoms with Gasteiger partial charge in [-0.1, -0.05) is 84.9 Å². The number of nitrogens with zero attached hydrogens (tertiary/aromatic N) is 1. The van der Waals surface area contributed by atoms with E-state index in [0.29, 0.717) is 18.0 Å². The number of hydrogen-bond acceptors (Lipinski definition) is 3. The Bertz CT molecular complexity index is 2520. The molecule has 0 amide bonds. The molecule has 0 saturated heterocycles. The molecule has 0 saturated carbocycles. The van der Waals surface area contributed by atoms with Crippen molar-refractivity contribution in [1.82, 2.24) is 4.57 Å². The first kappa shape index (κ1) is 23.9. The Hall–Kier alpha value is -5.74. The van der Waals surface area contributed by atoms with E-state index in [0.717, 1.165) is 33.2 Å². The number of benzene rings is 7. The zero-order valence-corrected chi connectivity index (χ0v) is 23.2. The first-order chi connectivity index (χ1) is 21.2. The summed E-state index contributed by atoms with van der Waals surface area (Å²) >= 11 is 0. The number of furan rings is 1. The van der Waals surface area contributed by atoms with Gasteiger partial charge in [0.1, 0.15) is 17.8 Å². The second-order valence-electron chi connectivity index (χ2n) is 11.1. The number of rotatable bonds is 4. The minimum absolute atomic E-state index is 0.394. The maximum absolute atomic E-state index is 6.40. The average Bonchev–Trinajstić information content (AvgIpc) is 3.59. The van der Waals surface area contributed by atoms with E-state index in [2.05, 4.69) is 102 Å². The maximum atomic E-state index is 6.40. The lowest BCUT2D eigenvalue weighted by molar-refractivity contribution is 0.312. The first-order valence-electron chi connectivity index (χ1n) is 14.5. The number of anilines is 1. The molecule has 4 heteroatoms. The largest absolute Gasteiger partial charge is 0.486 e.